The first-order chi connectivity index (χ1) is 18.7. The standard InChI is InChI=1S/C29H31N5O3S2/c1-4-13-33(18-27-31-12-16-38-27)26-7-5-6-21(19(26)2)22-8-9-23(29(30)35)28-24(22)17-25(32-28)20-10-14-34(15-11-20)39(3,36)37/h4-10,12,16-17,32H,1,11,13-15,18H2,2-3H3,(H2,30,35). The Balaban J connectivity index is 1.60. The van der Waals surface area contributed by atoms with Crippen LogP contribution in [0.15, 0.2) is 66.7 Å². The van der Waals surface area contributed by atoms with Gasteiger partial charge in [-0.15, -0.1) is 17.9 Å². The van der Waals surface area contributed by atoms with Gasteiger partial charge in [0.05, 0.1) is 23.9 Å². The Labute approximate surface area is 232 Å². The van der Waals surface area contributed by atoms with Crippen molar-refractivity contribution in [2.75, 3.05) is 30.8 Å². The molecule has 0 atom stereocenters. The summed E-state index contributed by atoms with van der Waals surface area (Å²) in [4.78, 5) is 22.5. The third-order valence-corrected chi connectivity index (χ3v) is 9.18. The molecule has 0 fully saturated rings. The average molecular weight is 562 g/mol. The van der Waals surface area contributed by atoms with Crippen LogP contribution in [0.25, 0.3) is 27.6 Å². The number of nitrogens with one attached hydrogen (secondary N) is 1. The molecule has 10 heteroatoms. The number of rotatable bonds is 9. The number of hydrogen-bond donors (Lipinski definition) is 2. The van der Waals surface area contributed by atoms with Crippen LogP contribution in [0.4, 0.5) is 5.69 Å². The summed E-state index contributed by atoms with van der Waals surface area (Å²) < 4.78 is 25.4. The van der Waals surface area contributed by atoms with Gasteiger partial charge in [-0.05, 0) is 53.8 Å². The number of nitrogens with two attached hydrogens (primary N) is 1. The van der Waals surface area contributed by atoms with Gasteiger partial charge in [0.15, 0.2) is 0 Å². The van der Waals surface area contributed by atoms with E-state index in [4.69, 9.17) is 5.73 Å². The van der Waals surface area contributed by atoms with Crippen molar-refractivity contribution in [3.63, 3.8) is 0 Å². The number of benzene rings is 2. The molecule has 0 saturated heterocycles. The summed E-state index contributed by atoms with van der Waals surface area (Å²) in [7, 11) is -3.25. The van der Waals surface area contributed by atoms with E-state index < -0.39 is 15.9 Å². The summed E-state index contributed by atoms with van der Waals surface area (Å²) in [6.45, 7) is 8.13. The predicted octanol–water partition coefficient (Wildman–Crippen LogP) is 4.94. The number of sulfonamides is 1. The molecule has 0 saturated carbocycles. The van der Waals surface area contributed by atoms with Crippen molar-refractivity contribution in [3.8, 4) is 11.1 Å². The van der Waals surface area contributed by atoms with Gasteiger partial charge in [0, 0.05) is 48.0 Å². The number of aromatic nitrogens is 2. The van der Waals surface area contributed by atoms with Crippen LogP contribution < -0.4 is 10.6 Å². The first kappa shape index (κ1) is 26.9. The minimum Gasteiger partial charge on any atom is -0.366 e. The number of primary amides is 1. The van der Waals surface area contributed by atoms with E-state index in [0.29, 0.717) is 43.7 Å². The first-order valence-corrected chi connectivity index (χ1v) is 15.3. The maximum absolute atomic E-state index is 12.3. The number of carbonyl (C=O) groups excluding carboxylic acids is 1. The Morgan fingerprint density at radius 2 is 2.10 bits per heavy atom. The van der Waals surface area contributed by atoms with Gasteiger partial charge in [0.2, 0.25) is 10.0 Å². The zero-order chi connectivity index (χ0) is 27.7. The van der Waals surface area contributed by atoms with Crippen molar-refractivity contribution in [1.82, 2.24) is 14.3 Å². The maximum Gasteiger partial charge on any atom is 0.250 e. The average Bonchev–Trinajstić information content (AvgIpc) is 3.58. The molecule has 3 heterocycles. The molecular formula is C29H31N5O3S2. The van der Waals surface area contributed by atoms with Crippen LogP contribution in [0.2, 0.25) is 0 Å². The fourth-order valence-electron chi connectivity index (χ4n) is 5.18. The molecule has 0 radical (unpaired) electrons. The van der Waals surface area contributed by atoms with Crippen LogP contribution in [0.1, 0.15) is 33.0 Å². The van der Waals surface area contributed by atoms with Crippen LogP contribution >= 0.6 is 11.3 Å². The van der Waals surface area contributed by atoms with Gasteiger partial charge in [-0.3, -0.25) is 4.79 Å². The van der Waals surface area contributed by atoms with Crippen LogP contribution in [0, 0.1) is 6.92 Å². The number of anilines is 1. The second kappa shape index (κ2) is 10.8. The molecule has 39 heavy (non-hydrogen) atoms. The number of nitrogens with zero attached hydrogens (tertiary/aromatic N) is 3. The fourth-order valence-corrected chi connectivity index (χ4v) is 6.58. The Bertz CT molecular complexity index is 1690. The van der Waals surface area contributed by atoms with E-state index >= 15 is 0 Å². The van der Waals surface area contributed by atoms with Gasteiger partial charge in [-0.25, -0.2) is 13.4 Å². The second-order valence-electron chi connectivity index (χ2n) is 9.64. The number of aromatic amines is 1. The lowest BCUT2D eigenvalue weighted by molar-refractivity contribution is 0.100. The molecule has 5 rings (SSSR count). The van der Waals surface area contributed by atoms with E-state index in [1.54, 1.807) is 17.4 Å². The number of fused-ring (bicyclic) bond motifs is 1. The van der Waals surface area contributed by atoms with Gasteiger partial charge in [-0.2, -0.15) is 4.31 Å². The second-order valence-corrected chi connectivity index (χ2v) is 12.6. The molecule has 2 aromatic heterocycles. The molecule has 0 bridgehead atoms. The molecular weight excluding hydrogens is 530 g/mol. The minimum absolute atomic E-state index is 0.318. The molecule has 0 spiro atoms. The Kier molecular flexibility index (Phi) is 7.44. The number of amides is 1. The Morgan fingerprint density at radius 1 is 1.28 bits per heavy atom. The number of carbonyl (C=O) groups is 1. The van der Waals surface area contributed by atoms with E-state index in [-0.39, 0.29) is 0 Å². The fraction of sp³-hybridized carbons (Fsp3) is 0.241. The van der Waals surface area contributed by atoms with Gasteiger partial charge in [0.25, 0.3) is 5.91 Å². The molecule has 0 unspecified atom stereocenters. The highest BCUT2D eigenvalue weighted by atomic mass is 32.2. The van der Waals surface area contributed by atoms with Crippen molar-refractivity contribution in [3.05, 3.63) is 88.5 Å². The number of H-pyrrole nitrogens is 1. The van der Waals surface area contributed by atoms with Crippen LogP contribution in [0.3, 0.4) is 0 Å². The van der Waals surface area contributed by atoms with Gasteiger partial charge >= 0.3 is 0 Å². The molecule has 8 nitrogen and oxygen atoms in total. The van der Waals surface area contributed by atoms with Crippen molar-refractivity contribution >= 4 is 49.4 Å². The lowest BCUT2D eigenvalue weighted by atomic mass is 9.94. The molecule has 4 aromatic rings. The zero-order valence-corrected chi connectivity index (χ0v) is 23.6. The first-order valence-electron chi connectivity index (χ1n) is 12.6. The summed E-state index contributed by atoms with van der Waals surface area (Å²) in [5.41, 5.74) is 12.9. The lowest BCUT2D eigenvalue weighted by Crippen LogP contribution is -2.33. The van der Waals surface area contributed by atoms with Crippen molar-refractivity contribution < 1.29 is 13.2 Å². The smallest absolute Gasteiger partial charge is 0.250 e. The summed E-state index contributed by atoms with van der Waals surface area (Å²) in [5, 5.41) is 3.90. The van der Waals surface area contributed by atoms with Crippen LogP contribution in [-0.2, 0) is 16.6 Å². The largest absolute Gasteiger partial charge is 0.366 e. The van der Waals surface area contributed by atoms with E-state index in [1.165, 1.54) is 10.6 Å². The van der Waals surface area contributed by atoms with E-state index in [0.717, 1.165) is 44.0 Å². The summed E-state index contributed by atoms with van der Waals surface area (Å²) in [6, 6.07) is 12.0. The SMILES string of the molecule is C=CCN(Cc1nccs1)c1cccc(-c2ccc(C(N)=O)c3[nH]c(C4=CCN(S(C)(=O)=O)CC4)cc23)c1C. The molecule has 3 N–H and O–H groups in total. The Hall–Kier alpha value is -3.73. The monoisotopic (exact) mass is 561 g/mol. The van der Waals surface area contributed by atoms with E-state index in [2.05, 4.69) is 40.5 Å². The number of thiazole rings is 1. The lowest BCUT2D eigenvalue weighted by Gasteiger charge is -2.25. The maximum atomic E-state index is 12.3. The third kappa shape index (κ3) is 5.40. The summed E-state index contributed by atoms with van der Waals surface area (Å²) in [5.74, 6) is -0.507. The van der Waals surface area contributed by atoms with Crippen LogP contribution in [-0.4, -0.2) is 54.5 Å². The normalized spacial score (nSPS) is 14.4. The molecule has 1 amide bonds. The molecule has 0 aliphatic carbocycles. The third-order valence-electron chi connectivity index (χ3n) is 7.14. The molecule has 1 aliphatic rings. The highest BCUT2D eigenvalue weighted by Crippen LogP contribution is 2.38. The van der Waals surface area contributed by atoms with Crippen molar-refractivity contribution in [2.24, 2.45) is 5.73 Å². The van der Waals surface area contributed by atoms with E-state index in [9.17, 15) is 13.2 Å². The Morgan fingerprint density at radius 3 is 2.74 bits per heavy atom. The van der Waals surface area contributed by atoms with Crippen molar-refractivity contribution in [1.29, 1.82) is 0 Å². The van der Waals surface area contributed by atoms with Crippen LogP contribution in [0.5, 0.6) is 0 Å². The van der Waals surface area contributed by atoms with E-state index in [1.807, 2.05) is 41.9 Å². The molecule has 2 aromatic carbocycles. The summed E-state index contributed by atoms with van der Waals surface area (Å²) in [6.07, 6.45) is 7.43. The van der Waals surface area contributed by atoms with Gasteiger partial charge in [-0.1, -0.05) is 30.4 Å². The quantitative estimate of drug-likeness (QED) is 0.281. The topological polar surface area (TPSA) is 112 Å². The minimum atomic E-state index is -3.25. The zero-order valence-electron chi connectivity index (χ0n) is 22.0. The predicted molar refractivity (Wildman–Crippen MR) is 159 cm³/mol. The number of hydrogen-bond acceptors (Lipinski definition) is 6. The highest BCUT2D eigenvalue weighted by Gasteiger charge is 2.23. The molecule has 202 valence electrons. The van der Waals surface area contributed by atoms with Gasteiger partial charge < -0.3 is 15.6 Å². The van der Waals surface area contributed by atoms with Crippen molar-refractivity contribution in [2.45, 2.75) is 19.9 Å². The summed E-state index contributed by atoms with van der Waals surface area (Å²) >= 11 is 1.63. The molecule has 1 aliphatic heterocycles. The highest BCUT2D eigenvalue weighted by molar-refractivity contribution is 7.88. The van der Waals surface area contributed by atoms with Gasteiger partial charge in [0.1, 0.15) is 5.01 Å².